The quantitative estimate of drug-likeness (QED) is 0.629. The van der Waals surface area contributed by atoms with Gasteiger partial charge in [0.25, 0.3) is 0 Å². The number of nitrogens with zero attached hydrogens (tertiary/aromatic N) is 1. The van der Waals surface area contributed by atoms with E-state index in [2.05, 4.69) is 31.2 Å². The first-order chi connectivity index (χ1) is 11.2. The van der Waals surface area contributed by atoms with Crippen LogP contribution in [0.3, 0.4) is 0 Å². The Bertz CT molecular complexity index is 731. The van der Waals surface area contributed by atoms with Gasteiger partial charge in [-0.25, -0.2) is 0 Å². The maximum Gasteiger partial charge on any atom is 0.231 e. The van der Waals surface area contributed by atoms with Gasteiger partial charge < -0.3 is 15.3 Å². The number of carbonyl (C=O) groups excluding carboxylic acids is 1. The molecule has 2 unspecified atom stereocenters. The third-order valence-electron chi connectivity index (χ3n) is 6.70. The maximum atomic E-state index is 13.2. The lowest BCUT2D eigenvalue weighted by atomic mass is 9.64. The van der Waals surface area contributed by atoms with E-state index in [-0.39, 0.29) is 16.7 Å². The van der Waals surface area contributed by atoms with Crippen LogP contribution in [0.4, 0.5) is 5.69 Å². The van der Waals surface area contributed by atoms with E-state index in [9.17, 15) is 10.0 Å². The Balaban J connectivity index is 1.98. The van der Waals surface area contributed by atoms with E-state index >= 15 is 0 Å². The summed E-state index contributed by atoms with van der Waals surface area (Å²) in [5.41, 5.74) is 0.0983. The molecule has 6 heteroatoms. The predicted octanol–water partition coefficient (Wildman–Crippen LogP) is 4.33. The van der Waals surface area contributed by atoms with Crippen LogP contribution >= 0.6 is 11.6 Å². The molecule has 0 spiro atoms. The van der Waals surface area contributed by atoms with Crippen molar-refractivity contribution in [1.29, 1.82) is 0 Å². The summed E-state index contributed by atoms with van der Waals surface area (Å²) in [5, 5.41) is 16.4. The highest BCUT2D eigenvalue weighted by molar-refractivity contribution is 6.31. The Hall–Kier alpha value is -1.75. The van der Waals surface area contributed by atoms with Gasteiger partial charge in [-0.2, -0.15) is 0 Å². The van der Waals surface area contributed by atoms with Crippen LogP contribution in [0.15, 0.2) is 23.4 Å². The van der Waals surface area contributed by atoms with Gasteiger partial charge in [0.15, 0.2) is 0 Å². The topological polar surface area (TPSA) is 70.9 Å². The Morgan fingerprint density at radius 1 is 1.33 bits per heavy atom. The molecule has 130 valence electrons. The number of halogens is 1. The minimum atomic E-state index is -0.601. The van der Waals surface area contributed by atoms with Gasteiger partial charge in [0.2, 0.25) is 5.91 Å². The molecule has 0 aromatic heterocycles. The highest BCUT2D eigenvalue weighted by Crippen LogP contribution is 2.71. The summed E-state index contributed by atoms with van der Waals surface area (Å²) in [5.74, 6) is 0.493. The Morgan fingerprint density at radius 2 is 2.04 bits per heavy atom. The lowest BCUT2D eigenvalue weighted by Gasteiger charge is -2.39. The maximum absolute atomic E-state index is 13.2. The fourth-order valence-corrected chi connectivity index (χ4v) is 4.73. The van der Waals surface area contributed by atoms with Gasteiger partial charge in [-0.3, -0.25) is 4.79 Å². The second-order valence-corrected chi connectivity index (χ2v) is 8.00. The normalized spacial score (nSPS) is 32.1. The molecule has 5 nitrogen and oxygen atoms in total. The fraction of sp³-hybridized carbons (Fsp3) is 0.556. The van der Waals surface area contributed by atoms with E-state index in [1.165, 1.54) is 0 Å². The van der Waals surface area contributed by atoms with Gasteiger partial charge in [0.1, 0.15) is 5.75 Å². The van der Waals surface area contributed by atoms with Crippen molar-refractivity contribution < 1.29 is 14.7 Å². The van der Waals surface area contributed by atoms with Crippen molar-refractivity contribution in [3.63, 3.8) is 0 Å². The van der Waals surface area contributed by atoms with Crippen molar-refractivity contribution in [3.05, 3.63) is 23.2 Å². The smallest absolute Gasteiger partial charge is 0.231 e. The summed E-state index contributed by atoms with van der Waals surface area (Å²) in [6, 6.07) is 5.14. The summed E-state index contributed by atoms with van der Waals surface area (Å²) < 4.78 is 5.32. The van der Waals surface area contributed by atoms with Crippen molar-refractivity contribution in [3.8, 4) is 5.75 Å². The molecular formula is C18H23ClN2O3. The molecule has 24 heavy (non-hydrogen) atoms. The van der Waals surface area contributed by atoms with Crippen LogP contribution in [0.25, 0.3) is 0 Å². The largest absolute Gasteiger partial charge is 0.495 e. The van der Waals surface area contributed by atoms with E-state index in [0.29, 0.717) is 28.6 Å². The second-order valence-electron chi connectivity index (χ2n) is 7.56. The highest BCUT2D eigenvalue weighted by atomic mass is 35.5. The molecule has 2 atom stereocenters. The molecule has 0 aliphatic heterocycles. The van der Waals surface area contributed by atoms with E-state index in [4.69, 9.17) is 16.3 Å². The Labute approximate surface area is 147 Å². The van der Waals surface area contributed by atoms with Gasteiger partial charge in [0.05, 0.1) is 23.9 Å². The number of ether oxygens (including phenoxy) is 1. The van der Waals surface area contributed by atoms with Crippen molar-refractivity contribution in [2.24, 2.45) is 21.4 Å². The number of anilines is 1. The van der Waals surface area contributed by atoms with Crippen LogP contribution < -0.4 is 10.1 Å². The number of rotatable bonds is 3. The van der Waals surface area contributed by atoms with Crippen LogP contribution in [0, 0.1) is 16.2 Å². The lowest BCUT2D eigenvalue weighted by molar-refractivity contribution is -0.130. The molecular weight excluding hydrogens is 328 g/mol. The number of oxime groups is 1. The highest BCUT2D eigenvalue weighted by Gasteiger charge is 2.71. The summed E-state index contributed by atoms with van der Waals surface area (Å²) in [7, 11) is 1.56. The van der Waals surface area contributed by atoms with E-state index < -0.39 is 5.41 Å². The van der Waals surface area contributed by atoms with Crippen LogP contribution in [0.1, 0.15) is 40.0 Å². The van der Waals surface area contributed by atoms with Crippen LogP contribution in [-0.2, 0) is 4.79 Å². The van der Waals surface area contributed by atoms with Gasteiger partial charge in [-0.1, -0.05) is 37.5 Å². The minimum Gasteiger partial charge on any atom is -0.495 e. The number of benzene rings is 1. The number of hydrogen-bond acceptors (Lipinski definition) is 4. The standard InChI is InChI=1S/C18H23ClN2O3/c1-16(2)17(3)7-8-18(16,10-14(17)21-23)15(22)20-12-9-11(19)5-6-13(12)24-4/h5-6,9,23H,7-8,10H2,1-4H3,(H,20,22)/b21-14+. The van der Waals surface area contributed by atoms with Gasteiger partial charge >= 0.3 is 0 Å². The van der Waals surface area contributed by atoms with Crippen LogP contribution in [0.2, 0.25) is 5.02 Å². The average molecular weight is 351 g/mol. The second kappa shape index (κ2) is 5.38. The molecule has 0 heterocycles. The van der Waals surface area contributed by atoms with E-state index in [1.807, 2.05) is 0 Å². The molecule has 2 fully saturated rings. The first-order valence-electron chi connectivity index (χ1n) is 8.08. The van der Waals surface area contributed by atoms with E-state index in [0.717, 1.165) is 12.8 Å². The predicted molar refractivity (Wildman–Crippen MR) is 94.0 cm³/mol. The molecule has 3 rings (SSSR count). The van der Waals surface area contributed by atoms with Crippen molar-refractivity contribution in [2.75, 3.05) is 12.4 Å². The molecule has 1 aromatic carbocycles. The molecule has 2 aliphatic rings. The monoisotopic (exact) mass is 350 g/mol. The molecule has 2 saturated carbocycles. The Kier molecular flexibility index (Phi) is 3.83. The minimum absolute atomic E-state index is 0.0737. The van der Waals surface area contributed by atoms with Gasteiger partial charge in [-0.15, -0.1) is 0 Å². The summed E-state index contributed by atoms with van der Waals surface area (Å²) in [6.07, 6.45) is 2.07. The SMILES string of the molecule is COc1ccc(Cl)cc1NC(=O)C12CCC(C)(/C(=N/O)C1)C2(C)C. The van der Waals surface area contributed by atoms with E-state index in [1.54, 1.807) is 25.3 Å². The molecule has 0 radical (unpaired) electrons. The molecule has 1 amide bonds. The summed E-state index contributed by atoms with van der Waals surface area (Å²) in [4.78, 5) is 13.2. The number of amides is 1. The van der Waals surface area contributed by atoms with Gasteiger partial charge in [0, 0.05) is 16.9 Å². The van der Waals surface area contributed by atoms with Crippen molar-refractivity contribution >= 4 is 28.9 Å². The van der Waals surface area contributed by atoms with Crippen molar-refractivity contribution in [1.82, 2.24) is 0 Å². The third kappa shape index (κ3) is 2.00. The Morgan fingerprint density at radius 3 is 2.62 bits per heavy atom. The van der Waals surface area contributed by atoms with Crippen LogP contribution in [0.5, 0.6) is 5.75 Å². The summed E-state index contributed by atoms with van der Waals surface area (Å²) >= 11 is 6.06. The van der Waals surface area contributed by atoms with Crippen LogP contribution in [-0.4, -0.2) is 23.9 Å². The molecule has 2 N–H and O–H groups in total. The number of methoxy groups -OCH3 is 1. The third-order valence-corrected chi connectivity index (χ3v) is 6.93. The fourth-order valence-electron chi connectivity index (χ4n) is 4.55. The molecule has 0 saturated heterocycles. The lowest BCUT2D eigenvalue weighted by Crippen LogP contribution is -2.43. The first-order valence-corrected chi connectivity index (χ1v) is 8.46. The number of hydrogen-bond donors (Lipinski definition) is 2. The summed E-state index contributed by atoms with van der Waals surface area (Å²) in [6.45, 7) is 6.27. The molecule has 2 aliphatic carbocycles. The van der Waals surface area contributed by atoms with Gasteiger partial charge in [-0.05, 0) is 36.5 Å². The average Bonchev–Trinajstić information content (AvgIpc) is 2.85. The number of fused-ring (bicyclic) bond motifs is 2. The van der Waals surface area contributed by atoms with Crippen molar-refractivity contribution in [2.45, 2.75) is 40.0 Å². The zero-order valence-electron chi connectivity index (χ0n) is 14.4. The number of carbonyl (C=O) groups is 1. The molecule has 1 aromatic rings. The number of nitrogens with one attached hydrogen (secondary N) is 1. The zero-order valence-corrected chi connectivity index (χ0v) is 15.2. The first kappa shape index (κ1) is 17.1. The zero-order chi connectivity index (χ0) is 17.8. The molecule has 2 bridgehead atoms.